The minimum atomic E-state index is -4.02. The van der Waals surface area contributed by atoms with E-state index in [4.69, 9.17) is 9.47 Å². The lowest BCUT2D eigenvalue weighted by molar-refractivity contribution is -0.140. The number of rotatable bonds is 14. The van der Waals surface area contributed by atoms with Gasteiger partial charge in [-0.25, -0.2) is 12.8 Å². The minimum Gasteiger partial charge on any atom is -0.497 e. The fourth-order valence-corrected chi connectivity index (χ4v) is 5.23. The van der Waals surface area contributed by atoms with Crippen LogP contribution in [0.5, 0.6) is 11.5 Å². The average Bonchev–Trinajstić information content (AvgIpc) is 2.96. The van der Waals surface area contributed by atoms with Gasteiger partial charge in [0.2, 0.25) is 21.8 Å². The fourth-order valence-electron chi connectivity index (χ4n) is 4.37. The Balaban J connectivity index is 2.10. The van der Waals surface area contributed by atoms with Gasteiger partial charge in [-0.05, 0) is 29.7 Å². The van der Waals surface area contributed by atoms with E-state index >= 15 is 0 Å². The highest BCUT2D eigenvalue weighted by atomic mass is 32.2. The zero-order chi connectivity index (χ0) is 30.9. The molecule has 0 unspecified atom stereocenters. The Morgan fingerprint density at radius 2 is 1.62 bits per heavy atom. The van der Waals surface area contributed by atoms with E-state index in [9.17, 15) is 22.4 Å². The predicted octanol–water partition coefficient (Wildman–Crippen LogP) is 4.02. The predicted molar refractivity (Wildman–Crippen MR) is 160 cm³/mol. The molecule has 1 atom stereocenters. The van der Waals surface area contributed by atoms with Crippen molar-refractivity contribution >= 4 is 27.5 Å². The zero-order valence-corrected chi connectivity index (χ0v) is 25.4. The van der Waals surface area contributed by atoms with E-state index in [2.05, 4.69) is 5.32 Å². The van der Waals surface area contributed by atoms with E-state index in [1.807, 2.05) is 44.2 Å². The van der Waals surface area contributed by atoms with Crippen LogP contribution < -0.4 is 19.1 Å². The number of ether oxygens (including phenoxy) is 2. The first-order valence-corrected chi connectivity index (χ1v) is 15.3. The maximum absolute atomic E-state index is 14.9. The molecule has 0 aliphatic rings. The van der Waals surface area contributed by atoms with Crippen LogP contribution in [0.1, 0.15) is 25.0 Å². The topological polar surface area (TPSA) is 105 Å². The maximum Gasteiger partial charge on any atom is 0.244 e. The molecule has 3 rings (SSSR count). The summed E-state index contributed by atoms with van der Waals surface area (Å²) in [5.41, 5.74) is 1.09. The van der Waals surface area contributed by atoms with Crippen molar-refractivity contribution in [3.05, 3.63) is 89.7 Å². The summed E-state index contributed by atoms with van der Waals surface area (Å²) in [6.45, 7) is 3.35. The van der Waals surface area contributed by atoms with Gasteiger partial charge in [0, 0.05) is 31.1 Å². The molecule has 3 aromatic rings. The molecule has 0 spiro atoms. The van der Waals surface area contributed by atoms with Gasteiger partial charge in [0.25, 0.3) is 0 Å². The third-order valence-electron chi connectivity index (χ3n) is 6.59. The molecule has 0 saturated heterocycles. The third-order valence-corrected chi connectivity index (χ3v) is 7.72. The Bertz CT molecular complexity index is 1470. The summed E-state index contributed by atoms with van der Waals surface area (Å²) in [7, 11) is -1.18. The number of benzene rings is 3. The number of anilines is 1. The first-order chi connectivity index (χ1) is 19.9. The molecule has 1 N–H and O–H groups in total. The van der Waals surface area contributed by atoms with Crippen molar-refractivity contribution in [1.82, 2.24) is 10.2 Å². The Hall–Kier alpha value is -4.12. The Kier molecular flexibility index (Phi) is 11.3. The Morgan fingerprint density at radius 1 is 0.952 bits per heavy atom. The number of carbonyl (C=O) groups is 2. The van der Waals surface area contributed by atoms with Crippen LogP contribution in [-0.4, -0.2) is 64.7 Å². The summed E-state index contributed by atoms with van der Waals surface area (Å²) >= 11 is 0. The molecule has 0 aliphatic heterocycles. The number of nitrogens with zero attached hydrogens (tertiary/aromatic N) is 2. The number of nitrogens with one attached hydrogen (secondary N) is 1. The van der Waals surface area contributed by atoms with Crippen molar-refractivity contribution in [2.24, 2.45) is 5.92 Å². The van der Waals surface area contributed by atoms with Crippen LogP contribution in [0.3, 0.4) is 0 Å². The molecule has 0 aliphatic carbocycles. The molecule has 226 valence electrons. The number of hydrogen-bond acceptors (Lipinski definition) is 6. The summed E-state index contributed by atoms with van der Waals surface area (Å²) in [6.07, 6.45) is 1.11. The van der Waals surface area contributed by atoms with Crippen LogP contribution in [0.2, 0.25) is 0 Å². The second-order valence-electron chi connectivity index (χ2n) is 10.3. The molecule has 0 fully saturated rings. The van der Waals surface area contributed by atoms with Gasteiger partial charge in [0.1, 0.15) is 29.9 Å². The highest BCUT2D eigenvalue weighted by Crippen LogP contribution is 2.34. The molecule has 9 nitrogen and oxygen atoms in total. The van der Waals surface area contributed by atoms with E-state index in [1.165, 1.54) is 49.5 Å². The molecule has 3 aromatic carbocycles. The summed E-state index contributed by atoms with van der Waals surface area (Å²) in [6, 6.07) is 18.6. The summed E-state index contributed by atoms with van der Waals surface area (Å²) in [5.74, 6) is -0.921. The highest BCUT2D eigenvalue weighted by molar-refractivity contribution is 7.92. The van der Waals surface area contributed by atoms with Gasteiger partial charge in [-0.3, -0.25) is 13.9 Å². The van der Waals surface area contributed by atoms with Gasteiger partial charge in [-0.15, -0.1) is 0 Å². The molecule has 2 amide bonds. The standard InChI is InChI=1S/C31H38FN3O6S/c1-22(2)19-33-31(37)28(17-23-11-7-6-8-12-23)34(20-24-13-9-10-14-26(24)32)30(36)21-35(42(5,38)39)27-16-15-25(40-3)18-29(27)41-4/h6-16,18,22,28H,17,19-21H2,1-5H3,(H,33,37)/t28-/m0/s1. The quantitative estimate of drug-likeness (QED) is 0.300. The fraction of sp³-hybridized carbons (Fsp3) is 0.355. The van der Waals surface area contributed by atoms with Gasteiger partial charge in [-0.2, -0.15) is 0 Å². The first-order valence-electron chi connectivity index (χ1n) is 13.5. The zero-order valence-electron chi connectivity index (χ0n) is 24.5. The van der Waals surface area contributed by atoms with Crippen LogP contribution in [0.15, 0.2) is 72.8 Å². The van der Waals surface area contributed by atoms with Gasteiger partial charge in [0.15, 0.2) is 0 Å². The molecule has 0 radical (unpaired) electrons. The lowest BCUT2D eigenvalue weighted by Crippen LogP contribution is -2.53. The van der Waals surface area contributed by atoms with Crippen LogP contribution in [0.4, 0.5) is 10.1 Å². The lowest BCUT2D eigenvalue weighted by Gasteiger charge is -2.34. The van der Waals surface area contributed by atoms with E-state index in [0.29, 0.717) is 12.3 Å². The number of sulfonamides is 1. The minimum absolute atomic E-state index is 0.115. The normalized spacial score (nSPS) is 12.0. The number of carbonyl (C=O) groups excluding carboxylic acids is 2. The van der Waals surface area contributed by atoms with Crippen molar-refractivity contribution in [3.8, 4) is 11.5 Å². The smallest absolute Gasteiger partial charge is 0.244 e. The summed E-state index contributed by atoms with van der Waals surface area (Å²) < 4.78 is 52.5. The van der Waals surface area contributed by atoms with Crippen molar-refractivity contribution < 1.29 is 31.9 Å². The van der Waals surface area contributed by atoms with Crippen molar-refractivity contribution in [2.75, 3.05) is 37.9 Å². The molecule has 11 heteroatoms. The number of amides is 2. The van der Waals surface area contributed by atoms with Gasteiger partial charge < -0.3 is 19.7 Å². The monoisotopic (exact) mass is 599 g/mol. The Morgan fingerprint density at radius 3 is 2.21 bits per heavy atom. The van der Waals surface area contributed by atoms with E-state index in [1.54, 1.807) is 12.1 Å². The second kappa shape index (κ2) is 14.7. The van der Waals surface area contributed by atoms with Gasteiger partial charge in [0.05, 0.1) is 26.2 Å². The molecule has 0 saturated carbocycles. The van der Waals surface area contributed by atoms with Crippen molar-refractivity contribution in [3.63, 3.8) is 0 Å². The highest BCUT2D eigenvalue weighted by Gasteiger charge is 2.34. The van der Waals surface area contributed by atoms with Crippen molar-refractivity contribution in [1.29, 1.82) is 0 Å². The molecule has 0 heterocycles. The Labute approximate surface area is 247 Å². The molecule has 42 heavy (non-hydrogen) atoms. The first kappa shape index (κ1) is 32.4. The summed E-state index contributed by atoms with van der Waals surface area (Å²) in [4.78, 5) is 29.0. The van der Waals surface area contributed by atoms with E-state index < -0.39 is 40.2 Å². The van der Waals surface area contributed by atoms with Crippen LogP contribution in [-0.2, 0) is 32.6 Å². The molecular formula is C31H38FN3O6S. The summed E-state index contributed by atoms with van der Waals surface area (Å²) in [5, 5.41) is 2.89. The van der Waals surface area contributed by atoms with E-state index in [-0.39, 0.29) is 35.9 Å². The van der Waals surface area contributed by atoms with Crippen LogP contribution >= 0.6 is 0 Å². The van der Waals surface area contributed by atoms with Crippen molar-refractivity contribution in [2.45, 2.75) is 32.9 Å². The third kappa shape index (κ3) is 8.69. The van der Waals surface area contributed by atoms with Gasteiger partial charge >= 0.3 is 0 Å². The number of hydrogen-bond donors (Lipinski definition) is 1. The number of halogens is 1. The average molecular weight is 600 g/mol. The molecule has 0 bridgehead atoms. The molecular weight excluding hydrogens is 561 g/mol. The SMILES string of the molecule is COc1ccc(N(CC(=O)N(Cc2ccccc2F)[C@@H](Cc2ccccc2)C(=O)NCC(C)C)S(C)(=O)=O)c(OC)c1. The largest absolute Gasteiger partial charge is 0.497 e. The molecule has 0 aromatic heterocycles. The van der Waals surface area contributed by atoms with Crippen LogP contribution in [0.25, 0.3) is 0 Å². The maximum atomic E-state index is 14.9. The lowest BCUT2D eigenvalue weighted by atomic mass is 10.0. The second-order valence-corrected chi connectivity index (χ2v) is 12.2. The van der Waals surface area contributed by atoms with E-state index in [0.717, 1.165) is 16.1 Å². The van der Waals surface area contributed by atoms with Gasteiger partial charge in [-0.1, -0.05) is 62.4 Å². The van der Waals surface area contributed by atoms with Crippen LogP contribution in [0, 0.1) is 11.7 Å². The number of methoxy groups -OCH3 is 2.